The number of halogens is 1. The van der Waals surface area contributed by atoms with Crippen molar-refractivity contribution in [1.29, 1.82) is 0 Å². The normalized spacial score (nSPS) is 12.4. The molecule has 1 amide bonds. The van der Waals surface area contributed by atoms with Gasteiger partial charge in [-0.05, 0) is 52.3 Å². The van der Waals surface area contributed by atoms with Crippen LogP contribution in [0.2, 0.25) is 0 Å². The van der Waals surface area contributed by atoms with Crippen LogP contribution in [0.4, 0.5) is 5.69 Å². The van der Waals surface area contributed by atoms with Crippen LogP contribution in [0.15, 0.2) is 22.7 Å². The number of anilines is 1. The van der Waals surface area contributed by atoms with Gasteiger partial charge in [0.2, 0.25) is 5.91 Å². The van der Waals surface area contributed by atoms with Gasteiger partial charge in [0.1, 0.15) is 0 Å². The predicted octanol–water partition coefficient (Wildman–Crippen LogP) is 3.46. The first-order chi connectivity index (χ1) is 8.05. The van der Waals surface area contributed by atoms with Gasteiger partial charge in [-0.25, -0.2) is 0 Å². The van der Waals surface area contributed by atoms with E-state index in [2.05, 4.69) is 21.2 Å². The maximum atomic E-state index is 12.3. The number of rotatable bonds is 3. The highest BCUT2D eigenvalue weighted by Crippen LogP contribution is 2.30. The number of nitrogens with one attached hydrogen (secondary N) is 1. The Hall–Kier alpha value is -0.870. The van der Waals surface area contributed by atoms with Crippen molar-refractivity contribution in [3.63, 3.8) is 0 Å². The number of aryl methyl sites for hydroxylation is 1. The zero-order valence-corrected chi connectivity index (χ0v) is 13.2. The first kappa shape index (κ1) is 15.2. The van der Waals surface area contributed by atoms with Crippen molar-refractivity contribution in [2.45, 2.75) is 40.2 Å². The quantitative estimate of drug-likeness (QED) is 0.898. The fourth-order valence-electron chi connectivity index (χ4n) is 1.25. The van der Waals surface area contributed by atoms with E-state index < -0.39 is 11.0 Å². The summed E-state index contributed by atoms with van der Waals surface area (Å²) in [6.45, 7) is 9.43. The molecule has 1 rings (SSSR count). The summed E-state index contributed by atoms with van der Waals surface area (Å²) in [6, 6.07) is 5.74. The molecule has 0 aliphatic carbocycles. The minimum absolute atomic E-state index is 0.0780. The molecule has 0 heterocycles. The van der Waals surface area contributed by atoms with E-state index in [0.717, 1.165) is 15.7 Å². The maximum absolute atomic E-state index is 12.3. The average molecular weight is 313 g/mol. The Morgan fingerprint density at radius 3 is 2.28 bits per heavy atom. The Morgan fingerprint density at radius 1 is 1.28 bits per heavy atom. The van der Waals surface area contributed by atoms with Gasteiger partial charge in [0.25, 0.3) is 0 Å². The molecule has 0 unspecified atom stereocenters. The summed E-state index contributed by atoms with van der Waals surface area (Å²) < 4.78 is 0.977. The molecule has 1 aromatic rings. The minimum Gasteiger partial charge on any atom is -0.326 e. The molecule has 0 radical (unpaired) electrons. The first-order valence-corrected chi connectivity index (χ1v) is 6.71. The van der Waals surface area contributed by atoms with E-state index in [1.165, 1.54) is 0 Å². The van der Waals surface area contributed by atoms with Gasteiger partial charge in [0.15, 0.2) is 0 Å². The third-order valence-corrected chi connectivity index (χ3v) is 4.46. The summed E-state index contributed by atoms with van der Waals surface area (Å²) in [5.74, 6) is -0.0780. The summed E-state index contributed by atoms with van der Waals surface area (Å²) in [7, 11) is 0. The Kier molecular flexibility index (Phi) is 4.23. The highest BCUT2D eigenvalue weighted by molar-refractivity contribution is 9.10. The van der Waals surface area contributed by atoms with Gasteiger partial charge >= 0.3 is 0 Å². The number of nitrogens with two attached hydrogens (primary N) is 1. The van der Waals surface area contributed by atoms with Crippen LogP contribution in [-0.4, -0.2) is 11.4 Å². The van der Waals surface area contributed by atoms with Crippen molar-refractivity contribution in [2.75, 3.05) is 5.32 Å². The number of carbonyl (C=O) groups excluding carboxylic acids is 1. The van der Waals surface area contributed by atoms with Crippen LogP contribution >= 0.6 is 15.9 Å². The van der Waals surface area contributed by atoms with Gasteiger partial charge in [-0.3, -0.25) is 4.79 Å². The van der Waals surface area contributed by atoms with Crippen molar-refractivity contribution >= 4 is 27.5 Å². The van der Waals surface area contributed by atoms with E-state index in [1.54, 1.807) is 0 Å². The summed E-state index contributed by atoms with van der Waals surface area (Å²) in [4.78, 5) is 12.3. The van der Waals surface area contributed by atoms with Gasteiger partial charge in [0.05, 0.1) is 5.41 Å². The smallest absolute Gasteiger partial charge is 0.231 e. The van der Waals surface area contributed by atoms with Crippen molar-refractivity contribution in [3.05, 3.63) is 28.2 Å². The zero-order valence-electron chi connectivity index (χ0n) is 11.6. The van der Waals surface area contributed by atoms with E-state index in [9.17, 15) is 4.79 Å². The lowest BCUT2D eigenvalue weighted by Crippen LogP contribution is -2.53. The van der Waals surface area contributed by atoms with Crippen molar-refractivity contribution < 1.29 is 4.79 Å². The molecule has 0 bridgehead atoms. The lowest BCUT2D eigenvalue weighted by molar-refractivity contribution is -0.126. The van der Waals surface area contributed by atoms with E-state index >= 15 is 0 Å². The van der Waals surface area contributed by atoms with Crippen LogP contribution in [0.25, 0.3) is 0 Å². The molecule has 0 spiro atoms. The second-order valence-electron chi connectivity index (χ2n) is 5.76. The van der Waals surface area contributed by atoms with Crippen LogP contribution in [0.3, 0.4) is 0 Å². The molecule has 3 N–H and O–H groups in total. The molecule has 0 aliphatic rings. The van der Waals surface area contributed by atoms with Crippen LogP contribution in [0, 0.1) is 12.3 Å². The molecule has 3 nitrogen and oxygen atoms in total. The summed E-state index contributed by atoms with van der Waals surface area (Å²) >= 11 is 3.45. The molecule has 100 valence electrons. The van der Waals surface area contributed by atoms with Gasteiger partial charge in [-0.1, -0.05) is 22.0 Å². The number of carbonyl (C=O) groups is 1. The summed E-state index contributed by atoms with van der Waals surface area (Å²) in [6.07, 6.45) is 0. The third kappa shape index (κ3) is 3.12. The van der Waals surface area contributed by atoms with E-state index in [0.29, 0.717) is 0 Å². The van der Waals surface area contributed by atoms with Crippen molar-refractivity contribution in [2.24, 2.45) is 11.1 Å². The molecule has 0 aromatic heterocycles. The largest absolute Gasteiger partial charge is 0.326 e. The number of hydrogen-bond acceptors (Lipinski definition) is 2. The van der Waals surface area contributed by atoms with Gasteiger partial charge in [-0.2, -0.15) is 0 Å². The lowest BCUT2D eigenvalue weighted by Gasteiger charge is -2.36. The molecule has 0 aliphatic heterocycles. The van der Waals surface area contributed by atoms with Crippen LogP contribution in [0.1, 0.15) is 33.3 Å². The highest BCUT2D eigenvalue weighted by atomic mass is 79.9. The van der Waals surface area contributed by atoms with Crippen LogP contribution in [-0.2, 0) is 4.79 Å². The second-order valence-corrected chi connectivity index (χ2v) is 6.62. The Labute approximate surface area is 117 Å². The lowest BCUT2D eigenvalue weighted by atomic mass is 9.74. The Morgan fingerprint density at radius 2 is 1.83 bits per heavy atom. The highest BCUT2D eigenvalue weighted by Gasteiger charge is 2.40. The fraction of sp³-hybridized carbons (Fsp3) is 0.500. The summed E-state index contributed by atoms with van der Waals surface area (Å²) in [5.41, 5.74) is 6.72. The average Bonchev–Trinajstić information content (AvgIpc) is 2.21. The molecule has 0 saturated carbocycles. The topological polar surface area (TPSA) is 55.1 Å². The van der Waals surface area contributed by atoms with Gasteiger partial charge in [-0.15, -0.1) is 0 Å². The first-order valence-electron chi connectivity index (χ1n) is 5.92. The van der Waals surface area contributed by atoms with Crippen LogP contribution in [0.5, 0.6) is 0 Å². The van der Waals surface area contributed by atoms with Crippen molar-refractivity contribution in [3.8, 4) is 0 Å². The molecule has 4 heteroatoms. The number of benzene rings is 1. The Bertz CT molecular complexity index is 461. The third-order valence-electron chi connectivity index (χ3n) is 3.61. The van der Waals surface area contributed by atoms with Crippen molar-refractivity contribution in [1.82, 2.24) is 0 Å². The Balaban J connectivity index is 2.91. The van der Waals surface area contributed by atoms with E-state index in [4.69, 9.17) is 5.73 Å². The maximum Gasteiger partial charge on any atom is 0.231 e. The molecular weight excluding hydrogens is 292 g/mol. The van der Waals surface area contributed by atoms with Gasteiger partial charge in [0, 0.05) is 15.7 Å². The summed E-state index contributed by atoms with van der Waals surface area (Å²) in [5, 5.41) is 2.91. The molecular formula is C14H21BrN2O. The molecule has 18 heavy (non-hydrogen) atoms. The SMILES string of the molecule is Cc1ccc(NC(=O)C(C)(C)C(C)(C)N)cc1Br. The zero-order chi connectivity index (χ0) is 14.1. The van der Waals surface area contributed by atoms with E-state index in [1.807, 2.05) is 52.8 Å². The molecule has 0 fully saturated rings. The predicted molar refractivity (Wildman–Crippen MR) is 79.6 cm³/mol. The van der Waals surface area contributed by atoms with Crippen LogP contribution < -0.4 is 11.1 Å². The standard InChI is InChI=1S/C14H21BrN2O/c1-9-6-7-10(8-11(9)15)17-12(18)13(2,3)14(4,5)16/h6-8H,16H2,1-5H3,(H,17,18). The molecule has 0 atom stereocenters. The molecule has 0 saturated heterocycles. The monoisotopic (exact) mass is 312 g/mol. The van der Waals surface area contributed by atoms with E-state index in [-0.39, 0.29) is 5.91 Å². The fourth-order valence-corrected chi connectivity index (χ4v) is 1.63. The molecule has 1 aromatic carbocycles. The number of hydrogen-bond donors (Lipinski definition) is 2. The second kappa shape index (κ2) is 5.02. The minimum atomic E-state index is -0.648. The number of amides is 1. The van der Waals surface area contributed by atoms with Gasteiger partial charge < -0.3 is 11.1 Å².